The molecule has 0 aromatic heterocycles. The Bertz CT molecular complexity index is 490. The number of benzene rings is 1. The Labute approximate surface area is 124 Å². The van der Waals surface area contributed by atoms with Gasteiger partial charge >= 0.3 is 0 Å². The molecular formula is C15H21FN2O3. The van der Waals surface area contributed by atoms with E-state index in [1.807, 2.05) is 14.0 Å². The highest BCUT2D eigenvalue weighted by Crippen LogP contribution is 2.26. The fraction of sp³-hybridized carbons (Fsp3) is 0.533. The summed E-state index contributed by atoms with van der Waals surface area (Å²) >= 11 is 0. The second-order valence-electron chi connectivity index (χ2n) is 4.97. The number of halogens is 1. The summed E-state index contributed by atoms with van der Waals surface area (Å²) in [6.07, 6.45) is 0. The van der Waals surface area contributed by atoms with Gasteiger partial charge < -0.3 is 19.7 Å². The lowest BCUT2D eigenvalue weighted by atomic mass is 10.1. The Morgan fingerprint density at radius 2 is 2.19 bits per heavy atom. The van der Waals surface area contributed by atoms with Crippen LogP contribution in [-0.4, -0.2) is 50.8 Å². The highest BCUT2D eigenvalue weighted by Gasteiger charge is 2.18. The first-order chi connectivity index (χ1) is 10.1. The second kappa shape index (κ2) is 7.38. The third-order valence-electron chi connectivity index (χ3n) is 3.59. The highest BCUT2D eigenvalue weighted by molar-refractivity contribution is 5.77. The molecule has 0 spiro atoms. The van der Waals surface area contributed by atoms with Crippen LogP contribution in [0.2, 0.25) is 0 Å². The van der Waals surface area contributed by atoms with Crippen LogP contribution in [0.15, 0.2) is 18.2 Å². The summed E-state index contributed by atoms with van der Waals surface area (Å²) in [5.74, 6) is -0.0834. The summed E-state index contributed by atoms with van der Waals surface area (Å²) in [6.45, 7) is 4.11. The van der Waals surface area contributed by atoms with Crippen LogP contribution in [0.1, 0.15) is 18.5 Å². The number of carbonyl (C=O) groups excluding carboxylic acids is 1. The molecule has 0 saturated carbocycles. The predicted molar refractivity (Wildman–Crippen MR) is 76.8 cm³/mol. The van der Waals surface area contributed by atoms with Crippen molar-refractivity contribution in [2.75, 3.05) is 40.0 Å². The number of amides is 1. The van der Waals surface area contributed by atoms with Crippen molar-refractivity contribution in [1.29, 1.82) is 0 Å². The molecule has 1 amide bonds. The maximum atomic E-state index is 13.4. The van der Waals surface area contributed by atoms with Crippen molar-refractivity contribution < 1.29 is 18.7 Å². The molecule has 1 saturated heterocycles. The minimum atomic E-state index is -0.379. The molecule has 1 aromatic rings. The first-order valence-electron chi connectivity index (χ1n) is 7.07. The van der Waals surface area contributed by atoms with E-state index in [0.29, 0.717) is 32.1 Å². The van der Waals surface area contributed by atoms with Crippen molar-refractivity contribution in [3.63, 3.8) is 0 Å². The molecule has 1 heterocycles. The van der Waals surface area contributed by atoms with Gasteiger partial charge in [0.15, 0.2) is 6.61 Å². The minimum Gasteiger partial charge on any atom is -0.483 e. The highest BCUT2D eigenvalue weighted by atomic mass is 19.1. The van der Waals surface area contributed by atoms with Gasteiger partial charge in [0.2, 0.25) is 0 Å². The normalized spacial score (nSPS) is 16.6. The molecule has 2 rings (SSSR count). The average molecular weight is 296 g/mol. The molecule has 6 heteroatoms. The van der Waals surface area contributed by atoms with Crippen molar-refractivity contribution >= 4 is 5.91 Å². The predicted octanol–water partition coefficient (Wildman–Crippen LogP) is 1.34. The van der Waals surface area contributed by atoms with Crippen LogP contribution >= 0.6 is 0 Å². The van der Waals surface area contributed by atoms with Crippen LogP contribution in [0.4, 0.5) is 4.39 Å². The van der Waals surface area contributed by atoms with E-state index in [0.717, 1.165) is 5.56 Å². The Morgan fingerprint density at radius 3 is 2.86 bits per heavy atom. The molecule has 1 fully saturated rings. The summed E-state index contributed by atoms with van der Waals surface area (Å²) in [4.78, 5) is 13.7. The standard InChI is InChI=1S/C15H21FN2O3/c1-11(17-2)13-4-3-12(16)9-14(13)21-10-15(19)18-5-7-20-8-6-18/h3-4,9,11,17H,5-8,10H2,1-2H3. The summed E-state index contributed by atoms with van der Waals surface area (Å²) in [5, 5.41) is 3.08. The molecule has 1 aliphatic rings. The Morgan fingerprint density at radius 1 is 1.48 bits per heavy atom. The SMILES string of the molecule is CNC(C)c1ccc(F)cc1OCC(=O)N1CCOCC1. The lowest BCUT2D eigenvalue weighted by Gasteiger charge is -2.27. The van der Waals surface area contributed by atoms with Crippen molar-refractivity contribution in [2.24, 2.45) is 0 Å². The number of morpholine rings is 1. The lowest BCUT2D eigenvalue weighted by molar-refractivity contribution is -0.137. The van der Waals surface area contributed by atoms with Crippen molar-refractivity contribution in [3.05, 3.63) is 29.6 Å². The molecule has 0 aliphatic carbocycles. The molecule has 0 radical (unpaired) electrons. The van der Waals surface area contributed by atoms with E-state index < -0.39 is 0 Å². The third kappa shape index (κ3) is 4.15. The topological polar surface area (TPSA) is 50.8 Å². The van der Waals surface area contributed by atoms with Gasteiger partial charge in [0.1, 0.15) is 11.6 Å². The first kappa shape index (κ1) is 15.7. The van der Waals surface area contributed by atoms with Gasteiger partial charge in [0.25, 0.3) is 5.91 Å². The van der Waals surface area contributed by atoms with Gasteiger partial charge in [-0.3, -0.25) is 4.79 Å². The zero-order valence-electron chi connectivity index (χ0n) is 12.4. The number of rotatable bonds is 5. The Hall–Kier alpha value is -1.66. The molecule has 1 aliphatic heterocycles. The van der Waals surface area contributed by atoms with E-state index >= 15 is 0 Å². The fourth-order valence-electron chi connectivity index (χ4n) is 2.19. The average Bonchev–Trinajstić information content (AvgIpc) is 2.52. The van der Waals surface area contributed by atoms with E-state index in [9.17, 15) is 9.18 Å². The van der Waals surface area contributed by atoms with Crippen LogP contribution < -0.4 is 10.1 Å². The van der Waals surface area contributed by atoms with E-state index in [1.165, 1.54) is 12.1 Å². The summed E-state index contributed by atoms with van der Waals surface area (Å²) in [6, 6.07) is 4.39. The molecule has 1 aromatic carbocycles. The first-order valence-corrected chi connectivity index (χ1v) is 7.07. The van der Waals surface area contributed by atoms with Crippen molar-refractivity contribution in [1.82, 2.24) is 10.2 Å². The van der Waals surface area contributed by atoms with Gasteiger partial charge in [-0.25, -0.2) is 4.39 Å². The number of hydrogen-bond donors (Lipinski definition) is 1. The monoisotopic (exact) mass is 296 g/mol. The number of carbonyl (C=O) groups is 1. The van der Waals surface area contributed by atoms with Gasteiger partial charge in [0.05, 0.1) is 13.2 Å². The molecule has 21 heavy (non-hydrogen) atoms. The summed E-state index contributed by atoms with van der Waals surface area (Å²) in [5.41, 5.74) is 0.827. The van der Waals surface area contributed by atoms with Crippen LogP contribution in [0.3, 0.4) is 0 Å². The number of nitrogens with zero attached hydrogens (tertiary/aromatic N) is 1. The molecular weight excluding hydrogens is 275 g/mol. The maximum absolute atomic E-state index is 13.4. The quantitative estimate of drug-likeness (QED) is 0.891. The van der Waals surface area contributed by atoms with Crippen LogP contribution in [0.5, 0.6) is 5.75 Å². The van der Waals surface area contributed by atoms with Gasteiger partial charge in [0, 0.05) is 30.8 Å². The lowest BCUT2D eigenvalue weighted by Crippen LogP contribution is -2.43. The maximum Gasteiger partial charge on any atom is 0.260 e. The molecule has 1 atom stereocenters. The zero-order chi connectivity index (χ0) is 15.2. The molecule has 116 valence electrons. The molecule has 1 unspecified atom stereocenters. The zero-order valence-corrected chi connectivity index (χ0v) is 12.4. The summed E-state index contributed by atoms with van der Waals surface area (Å²) in [7, 11) is 1.82. The second-order valence-corrected chi connectivity index (χ2v) is 4.97. The van der Waals surface area contributed by atoms with Crippen molar-refractivity contribution in [2.45, 2.75) is 13.0 Å². The molecule has 0 bridgehead atoms. The minimum absolute atomic E-state index is 0.0130. The van der Waals surface area contributed by atoms with Gasteiger partial charge in [-0.15, -0.1) is 0 Å². The van der Waals surface area contributed by atoms with Crippen LogP contribution in [0, 0.1) is 5.82 Å². The number of ether oxygens (including phenoxy) is 2. The Balaban J connectivity index is 2.01. The van der Waals surface area contributed by atoms with Gasteiger partial charge in [-0.05, 0) is 20.0 Å². The van der Waals surface area contributed by atoms with E-state index in [-0.39, 0.29) is 24.4 Å². The van der Waals surface area contributed by atoms with Crippen LogP contribution in [0.25, 0.3) is 0 Å². The van der Waals surface area contributed by atoms with Crippen LogP contribution in [-0.2, 0) is 9.53 Å². The van der Waals surface area contributed by atoms with Crippen molar-refractivity contribution in [3.8, 4) is 5.75 Å². The number of hydrogen-bond acceptors (Lipinski definition) is 4. The van der Waals surface area contributed by atoms with E-state index in [2.05, 4.69) is 5.32 Å². The Kier molecular flexibility index (Phi) is 5.52. The fourth-order valence-corrected chi connectivity index (χ4v) is 2.19. The third-order valence-corrected chi connectivity index (χ3v) is 3.59. The largest absolute Gasteiger partial charge is 0.483 e. The summed E-state index contributed by atoms with van der Waals surface area (Å²) < 4.78 is 24.1. The van der Waals surface area contributed by atoms with Gasteiger partial charge in [-0.2, -0.15) is 0 Å². The molecule has 5 nitrogen and oxygen atoms in total. The van der Waals surface area contributed by atoms with E-state index in [4.69, 9.17) is 9.47 Å². The number of nitrogens with one attached hydrogen (secondary N) is 1. The molecule has 1 N–H and O–H groups in total. The van der Waals surface area contributed by atoms with E-state index in [1.54, 1.807) is 11.0 Å². The smallest absolute Gasteiger partial charge is 0.260 e. The van der Waals surface area contributed by atoms with Gasteiger partial charge in [-0.1, -0.05) is 6.07 Å².